The first kappa shape index (κ1) is 13.0. The molecule has 0 spiro atoms. The number of hydrogen-bond acceptors (Lipinski definition) is 3. The zero-order chi connectivity index (χ0) is 12.1. The van der Waals surface area contributed by atoms with Crippen LogP contribution in [0.2, 0.25) is 0 Å². The molecule has 0 amide bonds. The van der Waals surface area contributed by atoms with Gasteiger partial charge in [0, 0.05) is 6.54 Å². The van der Waals surface area contributed by atoms with Crippen molar-refractivity contribution in [3.05, 3.63) is 29.8 Å². The second-order valence-electron chi connectivity index (χ2n) is 4.51. The topological polar surface area (TPSA) is 32.7 Å². The molecule has 1 rings (SSSR count). The molecule has 0 aromatic heterocycles. The summed E-state index contributed by atoms with van der Waals surface area (Å²) in [5.41, 5.74) is 0.921. The fourth-order valence-corrected chi connectivity index (χ4v) is 1.49. The average molecular weight is 223 g/mol. The third kappa shape index (κ3) is 4.21. The van der Waals surface area contributed by atoms with Gasteiger partial charge < -0.3 is 14.7 Å². The predicted octanol–water partition coefficient (Wildman–Crippen LogP) is 2.07. The second-order valence-corrected chi connectivity index (χ2v) is 4.51. The molecule has 1 atom stereocenters. The first-order chi connectivity index (χ1) is 7.49. The van der Waals surface area contributed by atoms with Crippen LogP contribution in [-0.2, 0) is 0 Å². The number of aliphatic hydroxyl groups excluding tert-OH is 1. The molecule has 0 fully saturated rings. The van der Waals surface area contributed by atoms with Gasteiger partial charge in [-0.25, -0.2) is 0 Å². The Bertz CT molecular complexity index is 306. The van der Waals surface area contributed by atoms with Crippen molar-refractivity contribution in [2.24, 2.45) is 0 Å². The van der Waals surface area contributed by atoms with Crippen LogP contribution in [0.1, 0.15) is 25.5 Å². The van der Waals surface area contributed by atoms with Crippen LogP contribution in [0.3, 0.4) is 0 Å². The van der Waals surface area contributed by atoms with Crippen LogP contribution >= 0.6 is 0 Å². The maximum atomic E-state index is 9.88. The fraction of sp³-hybridized carbons (Fsp3) is 0.538. The van der Waals surface area contributed by atoms with E-state index in [0.717, 1.165) is 11.3 Å². The highest BCUT2D eigenvalue weighted by Crippen LogP contribution is 2.18. The number of rotatable bonds is 5. The summed E-state index contributed by atoms with van der Waals surface area (Å²) < 4.78 is 5.54. The quantitative estimate of drug-likeness (QED) is 0.829. The lowest BCUT2D eigenvalue weighted by atomic mass is 10.1. The first-order valence-electron chi connectivity index (χ1n) is 5.58. The molecule has 0 heterocycles. The lowest BCUT2D eigenvalue weighted by Gasteiger charge is -2.17. The minimum Gasteiger partial charge on any atom is -0.491 e. The Kier molecular flexibility index (Phi) is 4.77. The van der Waals surface area contributed by atoms with E-state index in [9.17, 15) is 5.11 Å². The molecule has 1 N–H and O–H groups in total. The Labute approximate surface area is 97.7 Å². The molecule has 3 nitrogen and oxygen atoms in total. The maximum absolute atomic E-state index is 9.88. The predicted molar refractivity (Wildman–Crippen MR) is 65.7 cm³/mol. The van der Waals surface area contributed by atoms with Crippen LogP contribution in [0.15, 0.2) is 24.3 Å². The third-order valence-corrected chi connectivity index (χ3v) is 2.17. The van der Waals surface area contributed by atoms with E-state index in [1.54, 1.807) is 0 Å². The normalized spacial score (nSPS) is 13.2. The van der Waals surface area contributed by atoms with Gasteiger partial charge in [0.2, 0.25) is 0 Å². The fourth-order valence-electron chi connectivity index (χ4n) is 1.49. The summed E-state index contributed by atoms with van der Waals surface area (Å²) in [7, 11) is 3.89. The van der Waals surface area contributed by atoms with Crippen molar-refractivity contribution >= 4 is 0 Å². The summed E-state index contributed by atoms with van der Waals surface area (Å²) in [5, 5.41) is 9.88. The van der Waals surface area contributed by atoms with Gasteiger partial charge in [-0.2, -0.15) is 0 Å². The zero-order valence-corrected chi connectivity index (χ0v) is 10.5. The van der Waals surface area contributed by atoms with Gasteiger partial charge >= 0.3 is 0 Å². The Morgan fingerprint density at radius 2 is 1.75 bits per heavy atom. The van der Waals surface area contributed by atoms with Gasteiger partial charge in [-0.15, -0.1) is 0 Å². The first-order valence-corrected chi connectivity index (χ1v) is 5.58. The molecule has 1 unspecified atom stereocenters. The van der Waals surface area contributed by atoms with Crippen molar-refractivity contribution < 1.29 is 9.84 Å². The van der Waals surface area contributed by atoms with E-state index < -0.39 is 6.10 Å². The van der Waals surface area contributed by atoms with Crippen molar-refractivity contribution in [1.82, 2.24) is 4.90 Å². The lowest BCUT2D eigenvalue weighted by molar-refractivity contribution is 0.138. The highest BCUT2D eigenvalue weighted by Gasteiger charge is 2.08. The van der Waals surface area contributed by atoms with Crippen LogP contribution in [0.4, 0.5) is 0 Å². The molecule has 1 aromatic carbocycles. The number of likely N-dealkylation sites (N-methyl/N-ethyl adjacent to an activating group) is 1. The number of benzene rings is 1. The third-order valence-electron chi connectivity index (χ3n) is 2.17. The SMILES string of the molecule is CC(C)Oc1ccc(C(O)CN(C)C)cc1. The second kappa shape index (κ2) is 5.87. The molecular weight excluding hydrogens is 202 g/mol. The summed E-state index contributed by atoms with van der Waals surface area (Å²) >= 11 is 0. The van der Waals surface area contributed by atoms with Gasteiger partial charge in [0.25, 0.3) is 0 Å². The molecule has 0 bridgehead atoms. The minimum absolute atomic E-state index is 0.178. The Morgan fingerprint density at radius 3 is 2.19 bits per heavy atom. The Balaban J connectivity index is 2.63. The molecule has 0 aliphatic heterocycles. The lowest BCUT2D eigenvalue weighted by Crippen LogP contribution is -2.19. The summed E-state index contributed by atoms with van der Waals surface area (Å²) in [4.78, 5) is 1.96. The van der Waals surface area contributed by atoms with Gasteiger partial charge in [-0.1, -0.05) is 12.1 Å². The van der Waals surface area contributed by atoms with Gasteiger partial charge in [-0.05, 0) is 45.6 Å². The molecular formula is C13H21NO2. The standard InChI is InChI=1S/C13H21NO2/c1-10(2)16-12-7-5-11(6-8-12)13(15)9-14(3)4/h5-8,10,13,15H,9H2,1-4H3. The average Bonchev–Trinajstić information content (AvgIpc) is 2.16. The molecule has 0 saturated heterocycles. The summed E-state index contributed by atoms with van der Waals surface area (Å²) in [6.07, 6.45) is -0.263. The van der Waals surface area contributed by atoms with E-state index in [4.69, 9.17) is 4.74 Å². The van der Waals surface area contributed by atoms with E-state index in [1.165, 1.54) is 0 Å². The molecule has 0 aliphatic rings. The summed E-state index contributed by atoms with van der Waals surface area (Å²) in [6, 6.07) is 7.61. The highest BCUT2D eigenvalue weighted by atomic mass is 16.5. The number of ether oxygens (including phenoxy) is 1. The van der Waals surface area contributed by atoms with E-state index in [0.29, 0.717) is 6.54 Å². The van der Waals surface area contributed by atoms with E-state index in [-0.39, 0.29) is 6.10 Å². The molecule has 0 saturated carbocycles. The van der Waals surface area contributed by atoms with E-state index in [1.807, 2.05) is 57.1 Å². The van der Waals surface area contributed by atoms with Crippen LogP contribution in [0.25, 0.3) is 0 Å². The molecule has 0 aliphatic carbocycles. The van der Waals surface area contributed by atoms with Crippen molar-refractivity contribution in [3.63, 3.8) is 0 Å². The summed E-state index contributed by atoms with van der Waals surface area (Å²) in [6.45, 7) is 4.62. The highest BCUT2D eigenvalue weighted by molar-refractivity contribution is 5.28. The largest absolute Gasteiger partial charge is 0.491 e. The van der Waals surface area contributed by atoms with Crippen molar-refractivity contribution in [1.29, 1.82) is 0 Å². The van der Waals surface area contributed by atoms with Gasteiger partial charge in [0.05, 0.1) is 12.2 Å². The van der Waals surface area contributed by atoms with Crippen LogP contribution in [-0.4, -0.2) is 36.8 Å². The molecule has 0 radical (unpaired) electrons. The van der Waals surface area contributed by atoms with Crippen molar-refractivity contribution in [2.45, 2.75) is 26.1 Å². The number of hydrogen-bond donors (Lipinski definition) is 1. The zero-order valence-electron chi connectivity index (χ0n) is 10.5. The number of nitrogens with zero attached hydrogens (tertiary/aromatic N) is 1. The smallest absolute Gasteiger partial charge is 0.119 e. The molecule has 90 valence electrons. The Morgan fingerprint density at radius 1 is 1.19 bits per heavy atom. The van der Waals surface area contributed by atoms with Gasteiger partial charge in [0.1, 0.15) is 5.75 Å². The van der Waals surface area contributed by atoms with Crippen molar-refractivity contribution in [2.75, 3.05) is 20.6 Å². The van der Waals surface area contributed by atoms with Gasteiger partial charge in [0.15, 0.2) is 0 Å². The molecule has 3 heteroatoms. The molecule has 16 heavy (non-hydrogen) atoms. The van der Waals surface area contributed by atoms with Gasteiger partial charge in [-0.3, -0.25) is 0 Å². The van der Waals surface area contributed by atoms with Crippen LogP contribution in [0.5, 0.6) is 5.75 Å². The summed E-state index contributed by atoms with van der Waals surface area (Å²) in [5.74, 6) is 0.843. The van der Waals surface area contributed by atoms with Crippen LogP contribution < -0.4 is 4.74 Å². The minimum atomic E-state index is -0.442. The van der Waals surface area contributed by atoms with Crippen LogP contribution in [0, 0.1) is 0 Å². The Hall–Kier alpha value is -1.06. The monoisotopic (exact) mass is 223 g/mol. The maximum Gasteiger partial charge on any atom is 0.119 e. The molecule has 1 aromatic rings. The number of aliphatic hydroxyl groups is 1. The van der Waals surface area contributed by atoms with E-state index in [2.05, 4.69) is 0 Å². The van der Waals surface area contributed by atoms with E-state index >= 15 is 0 Å². The van der Waals surface area contributed by atoms with Crippen molar-refractivity contribution in [3.8, 4) is 5.75 Å².